The molecule has 114 valence electrons. The second kappa shape index (κ2) is 5.58. The summed E-state index contributed by atoms with van der Waals surface area (Å²) in [6.07, 6.45) is 8.23. The summed E-state index contributed by atoms with van der Waals surface area (Å²) in [6, 6.07) is 0. The highest BCUT2D eigenvalue weighted by Crippen LogP contribution is 2.39. The SMILES string of the molecule is Cn1cnc(Cc2noc(C3CCCC(C)(C)CC3)n2)n1. The van der Waals surface area contributed by atoms with Crippen LogP contribution in [0.4, 0.5) is 0 Å². The van der Waals surface area contributed by atoms with Crippen LogP contribution < -0.4 is 0 Å². The van der Waals surface area contributed by atoms with Crippen molar-refractivity contribution in [2.24, 2.45) is 12.5 Å². The van der Waals surface area contributed by atoms with Crippen LogP contribution in [0.25, 0.3) is 0 Å². The van der Waals surface area contributed by atoms with Crippen molar-refractivity contribution in [2.45, 2.75) is 58.3 Å². The molecule has 3 rings (SSSR count). The van der Waals surface area contributed by atoms with E-state index in [2.05, 4.69) is 34.1 Å². The van der Waals surface area contributed by atoms with Crippen LogP contribution in [0.5, 0.6) is 0 Å². The summed E-state index contributed by atoms with van der Waals surface area (Å²) in [5, 5.41) is 8.33. The van der Waals surface area contributed by atoms with E-state index in [4.69, 9.17) is 4.52 Å². The number of hydrogen-bond donors (Lipinski definition) is 0. The van der Waals surface area contributed by atoms with Gasteiger partial charge in [0.2, 0.25) is 5.89 Å². The molecule has 0 saturated heterocycles. The molecule has 1 atom stereocenters. The number of rotatable bonds is 3. The van der Waals surface area contributed by atoms with E-state index in [9.17, 15) is 0 Å². The molecule has 2 aromatic heterocycles. The summed E-state index contributed by atoms with van der Waals surface area (Å²) in [5.41, 5.74) is 0.440. The lowest BCUT2D eigenvalue weighted by molar-refractivity contribution is 0.303. The van der Waals surface area contributed by atoms with Crippen LogP contribution in [0.3, 0.4) is 0 Å². The summed E-state index contributed by atoms with van der Waals surface area (Å²) >= 11 is 0. The first-order valence-electron chi connectivity index (χ1n) is 7.69. The molecule has 0 bridgehead atoms. The van der Waals surface area contributed by atoms with Gasteiger partial charge >= 0.3 is 0 Å². The predicted octanol–water partition coefficient (Wildman–Crippen LogP) is 2.86. The summed E-state index contributed by atoms with van der Waals surface area (Å²) in [7, 11) is 1.85. The lowest BCUT2D eigenvalue weighted by Crippen LogP contribution is -2.09. The number of hydrogen-bond acceptors (Lipinski definition) is 5. The van der Waals surface area contributed by atoms with Crippen molar-refractivity contribution in [3.8, 4) is 0 Å². The van der Waals surface area contributed by atoms with Gasteiger partial charge in [0, 0.05) is 13.0 Å². The largest absolute Gasteiger partial charge is 0.339 e. The number of aryl methyl sites for hydroxylation is 1. The van der Waals surface area contributed by atoms with Gasteiger partial charge in [0.1, 0.15) is 6.33 Å². The maximum absolute atomic E-state index is 5.48. The quantitative estimate of drug-likeness (QED) is 0.813. The zero-order valence-electron chi connectivity index (χ0n) is 13.0. The second-order valence-electron chi connectivity index (χ2n) is 6.85. The molecule has 2 aromatic rings. The van der Waals surface area contributed by atoms with Crippen LogP contribution >= 0.6 is 0 Å². The third-order valence-corrected chi connectivity index (χ3v) is 4.37. The molecule has 0 radical (unpaired) electrons. The van der Waals surface area contributed by atoms with Gasteiger partial charge in [0.25, 0.3) is 0 Å². The van der Waals surface area contributed by atoms with Gasteiger partial charge in [-0.25, -0.2) is 4.98 Å². The Labute approximate surface area is 125 Å². The van der Waals surface area contributed by atoms with Gasteiger partial charge in [0.15, 0.2) is 11.6 Å². The molecule has 1 aliphatic rings. The molecule has 0 spiro atoms. The van der Waals surface area contributed by atoms with Crippen LogP contribution in [0.1, 0.15) is 69.4 Å². The molecule has 0 N–H and O–H groups in total. The molecule has 21 heavy (non-hydrogen) atoms. The van der Waals surface area contributed by atoms with Gasteiger partial charge in [-0.3, -0.25) is 4.68 Å². The number of aromatic nitrogens is 5. The zero-order valence-corrected chi connectivity index (χ0v) is 13.0. The minimum Gasteiger partial charge on any atom is -0.339 e. The third kappa shape index (κ3) is 3.49. The molecule has 2 heterocycles. The zero-order chi connectivity index (χ0) is 14.9. The van der Waals surface area contributed by atoms with Crippen molar-refractivity contribution in [1.29, 1.82) is 0 Å². The first-order chi connectivity index (χ1) is 10.0. The summed E-state index contributed by atoms with van der Waals surface area (Å²) in [4.78, 5) is 8.76. The molecule has 1 saturated carbocycles. The highest BCUT2D eigenvalue weighted by Gasteiger charge is 2.28. The Hall–Kier alpha value is -1.72. The molecule has 1 fully saturated rings. The standard InChI is InChI=1S/C15H23N5O/c1-15(2)7-4-5-11(6-8-15)14-17-13(19-21-14)9-12-16-10-20(3)18-12/h10-11H,4-9H2,1-3H3. The Morgan fingerprint density at radius 3 is 2.90 bits per heavy atom. The molecule has 6 nitrogen and oxygen atoms in total. The maximum Gasteiger partial charge on any atom is 0.229 e. The van der Waals surface area contributed by atoms with E-state index >= 15 is 0 Å². The average molecular weight is 289 g/mol. The van der Waals surface area contributed by atoms with E-state index in [1.807, 2.05) is 7.05 Å². The van der Waals surface area contributed by atoms with Gasteiger partial charge < -0.3 is 4.52 Å². The second-order valence-corrected chi connectivity index (χ2v) is 6.85. The fraction of sp³-hybridized carbons (Fsp3) is 0.733. The van der Waals surface area contributed by atoms with E-state index in [-0.39, 0.29) is 0 Å². The van der Waals surface area contributed by atoms with Crippen LogP contribution in [0.2, 0.25) is 0 Å². The van der Waals surface area contributed by atoms with E-state index in [0.29, 0.717) is 23.6 Å². The lowest BCUT2D eigenvalue weighted by Gasteiger charge is -2.21. The minimum atomic E-state index is 0.407. The molecule has 0 aromatic carbocycles. The van der Waals surface area contributed by atoms with Crippen LogP contribution in [-0.4, -0.2) is 24.9 Å². The van der Waals surface area contributed by atoms with Gasteiger partial charge in [0.05, 0.1) is 6.42 Å². The van der Waals surface area contributed by atoms with Gasteiger partial charge in [-0.2, -0.15) is 10.1 Å². The molecule has 1 unspecified atom stereocenters. The summed E-state index contributed by atoms with van der Waals surface area (Å²) in [6.45, 7) is 4.70. The molecule has 0 aliphatic heterocycles. The van der Waals surface area contributed by atoms with Crippen LogP contribution in [-0.2, 0) is 13.5 Å². The van der Waals surface area contributed by atoms with Crippen molar-refractivity contribution in [1.82, 2.24) is 24.9 Å². The first kappa shape index (κ1) is 14.2. The Morgan fingerprint density at radius 2 is 2.14 bits per heavy atom. The molecular weight excluding hydrogens is 266 g/mol. The van der Waals surface area contributed by atoms with Crippen molar-refractivity contribution in [3.05, 3.63) is 23.9 Å². The van der Waals surface area contributed by atoms with Gasteiger partial charge in [-0.15, -0.1) is 0 Å². The van der Waals surface area contributed by atoms with Crippen LogP contribution in [0, 0.1) is 5.41 Å². The van der Waals surface area contributed by atoms with E-state index < -0.39 is 0 Å². The topological polar surface area (TPSA) is 69.6 Å². The summed E-state index contributed by atoms with van der Waals surface area (Å²) < 4.78 is 7.17. The van der Waals surface area contributed by atoms with Crippen LogP contribution in [0.15, 0.2) is 10.9 Å². The van der Waals surface area contributed by atoms with Crippen molar-refractivity contribution >= 4 is 0 Å². The van der Waals surface area contributed by atoms with Crippen molar-refractivity contribution in [3.63, 3.8) is 0 Å². The molecule has 6 heteroatoms. The third-order valence-electron chi connectivity index (χ3n) is 4.37. The summed E-state index contributed by atoms with van der Waals surface area (Å²) in [5.74, 6) is 2.61. The Kier molecular flexibility index (Phi) is 3.78. The highest BCUT2D eigenvalue weighted by molar-refractivity contribution is 5.01. The fourth-order valence-corrected chi connectivity index (χ4v) is 3.02. The van der Waals surface area contributed by atoms with E-state index in [0.717, 1.165) is 24.6 Å². The highest BCUT2D eigenvalue weighted by atomic mass is 16.5. The first-order valence-corrected chi connectivity index (χ1v) is 7.69. The lowest BCUT2D eigenvalue weighted by atomic mass is 9.85. The predicted molar refractivity (Wildman–Crippen MR) is 77.7 cm³/mol. The van der Waals surface area contributed by atoms with Crippen molar-refractivity contribution < 1.29 is 4.52 Å². The Morgan fingerprint density at radius 1 is 1.29 bits per heavy atom. The van der Waals surface area contributed by atoms with Crippen molar-refractivity contribution in [2.75, 3.05) is 0 Å². The maximum atomic E-state index is 5.48. The van der Waals surface area contributed by atoms with E-state index in [1.54, 1.807) is 11.0 Å². The molecule has 1 aliphatic carbocycles. The van der Waals surface area contributed by atoms with Gasteiger partial charge in [-0.05, 0) is 31.1 Å². The van der Waals surface area contributed by atoms with E-state index in [1.165, 1.54) is 19.3 Å². The normalized spacial score (nSPS) is 22.1. The van der Waals surface area contributed by atoms with Gasteiger partial charge in [-0.1, -0.05) is 25.4 Å². The smallest absolute Gasteiger partial charge is 0.229 e. The molecule has 0 amide bonds. The number of nitrogens with zero attached hydrogens (tertiary/aromatic N) is 5. The average Bonchev–Trinajstić information content (AvgIpc) is 2.99. The Bertz CT molecular complexity index is 601. The monoisotopic (exact) mass is 289 g/mol. The Balaban J connectivity index is 1.67. The molecular formula is C15H23N5O. The fourth-order valence-electron chi connectivity index (χ4n) is 3.02. The minimum absolute atomic E-state index is 0.407.